The first-order valence-corrected chi connectivity index (χ1v) is 7.52. The van der Waals surface area contributed by atoms with Crippen LogP contribution in [-0.4, -0.2) is 6.54 Å². The van der Waals surface area contributed by atoms with Gasteiger partial charge in [-0.3, -0.25) is 0 Å². The van der Waals surface area contributed by atoms with E-state index in [2.05, 4.69) is 74.2 Å². The lowest BCUT2D eigenvalue weighted by Gasteiger charge is -2.32. The van der Waals surface area contributed by atoms with Gasteiger partial charge in [0.1, 0.15) is 0 Å². The summed E-state index contributed by atoms with van der Waals surface area (Å²) in [4.78, 5) is 2.45. The molecular weight excluding hydrogens is 242 g/mol. The Balaban J connectivity index is 1.95. The molecule has 2 aromatic rings. The third kappa shape index (κ3) is 2.45. The Morgan fingerprint density at radius 2 is 1.60 bits per heavy atom. The average molecular weight is 265 g/mol. The normalized spacial score (nSPS) is 15.1. The number of rotatable bonds is 1. The molecule has 0 atom stereocenters. The molecule has 104 valence electrons. The van der Waals surface area contributed by atoms with Crippen LogP contribution in [0.2, 0.25) is 0 Å². The zero-order valence-electron chi connectivity index (χ0n) is 12.7. The molecule has 0 N–H and O–H groups in total. The number of fused-ring (bicyclic) bond motifs is 1. The predicted octanol–water partition coefficient (Wildman–Crippen LogP) is 5.07. The summed E-state index contributed by atoms with van der Waals surface area (Å²) in [6, 6.07) is 17.9. The molecule has 20 heavy (non-hydrogen) atoms. The van der Waals surface area contributed by atoms with Crippen LogP contribution in [0.5, 0.6) is 0 Å². The molecule has 0 unspecified atom stereocenters. The zero-order valence-corrected chi connectivity index (χ0v) is 12.7. The molecule has 0 aliphatic carbocycles. The van der Waals surface area contributed by atoms with E-state index in [0.29, 0.717) is 0 Å². The summed E-state index contributed by atoms with van der Waals surface area (Å²) < 4.78 is 0. The van der Waals surface area contributed by atoms with Crippen molar-refractivity contribution in [1.82, 2.24) is 0 Å². The van der Waals surface area contributed by atoms with Crippen molar-refractivity contribution in [3.8, 4) is 0 Å². The summed E-state index contributed by atoms with van der Waals surface area (Å²) >= 11 is 0. The van der Waals surface area contributed by atoms with Crippen molar-refractivity contribution in [2.45, 2.75) is 39.0 Å². The molecule has 1 nitrogen and oxygen atoms in total. The highest BCUT2D eigenvalue weighted by molar-refractivity contribution is 5.68. The minimum Gasteiger partial charge on any atom is -0.341 e. The van der Waals surface area contributed by atoms with E-state index in [9.17, 15) is 0 Å². The van der Waals surface area contributed by atoms with E-state index in [1.54, 1.807) is 0 Å². The lowest BCUT2D eigenvalue weighted by Crippen LogP contribution is -2.24. The highest BCUT2D eigenvalue weighted by Crippen LogP contribution is 2.34. The quantitative estimate of drug-likeness (QED) is 0.696. The van der Waals surface area contributed by atoms with Gasteiger partial charge in [-0.1, -0.05) is 51.1 Å². The van der Waals surface area contributed by atoms with Crippen LogP contribution < -0.4 is 4.90 Å². The van der Waals surface area contributed by atoms with Crippen LogP contribution >= 0.6 is 0 Å². The third-order valence-electron chi connectivity index (χ3n) is 4.16. The third-order valence-corrected chi connectivity index (χ3v) is 4.16. The maximum atomic E-state index is 2.45. The molecular formula is C19H23N. The molecule has 1 heterocycles. The smallest absolute Gasteiger partial charge is 0.0443 e. The summed E-state index contributed by atoms with van der Waals surface area (Å²) in [5.41, 5.74) is 5.77. The van der Waals surface area contributed by atoms with Gasteiger partial charge < -0.3 is 4.90 Å². The Bertz CT molecular complexity index is 590. The van der Waals surface area contributed by atoms with Gasteiger partial charge in [-0.05, 0) is 47.6 Å². The second-order valence-corrected chi connectivity index (χ2v) is 6.68. The average Bonchev–Trinajstić information content (AvgIpc) is 2.46. The summed E-state index contributed by atoms with van der Waals surface area (Å²) in [5, 5.41) is 0. The van der Waals surface area contributed by atoms with Crippen molar-refractivity contribution in [3.05, 3.63) is 59.7 Å². The van der Waals surface area contributed by atoms with Crippen LogP contribution in [0.4, 0.5) is 11.4 Å². The van der Waals surface area contributed by atoms with E-state index in [-0.39, 0.29) is 5.41 Å². The fourth-order valence-electron chi connectivity index (χ4n) is 2.94. The summed E-state index contributed by atoms with van der Waals surface area (Å²) in [6.07, 6.45) is 2.44. The van der Waals surface area contributed by atoms with Crippen LogP contribution in [-0.2, 0) is 11.8 Å². The highest BCUT2D eigenvalue weighted by atomic mass is 15.1. The Kier molecular flexibility index (Phi) is 3.29. The Labute approximate surface area is 122 Å². The minimum absolute atomic E-state index is 0.221. The van der Waals surface area contributed by atoms with Crippen LogP contribution in [0.1, 0.15) is 38.3 Å². The van der Waals surface area contributed by atoms with Crippen molar-refractivity contribution in [2.24, 2.45) is 0 Å². The fourth-order valence-corrected chi connectivity index (χ4v) is 2.94. The molecule has 0 spiro atoms. The van der Waals surface area contributed by atoms with Gasteiger partial charge >= 0.3 is 0 Å². The molecule has 0 saturated heterocycles. The van der Waals surface area contributed by atoms with Gasteiger partial charge in [-0.25, -0.2) is 0 Å². The molecule has 1 aliphatic heterocycles. The topological polar surface area (TPSA) is 3.24 Å². The van der Waals surface area contributed by atoms with Crippen LogP contribution in [0.15, 0.2) is 48.5 Å². The number of hydrogen-bond donors (Lipinski definition) is 0. The zero-order chi connectivity index (χ0) is 14.2. The van der Waals surface area contributed by atoms with E-state index in [4.69, 9.17) is 0 Å². The molecule has 0 fully saturated rings. The molecule has 0 saturated carbocycles. The van der Waals surface area contributed by atoms with Gasteiger partial charge in [0.25, 0.3) is 0 Å². The highest BCUT2D eigenvalue weighted by Gasteiger charge is 2.18. The van der Waals surface area contributed by atoms with Gasteiger partial charge in [0.15, 0.2) is 0 Å². The second-order valence-electron chi connectivity index (χ2n) is 6.68. The van der Waals surface area contributed by atoms with Crippen molar-refractivity contribution >= 4 is 11.4 Å². The number of anilines is 2. The Hall–Kier alpha value is -1.76. The summed E-state index contributed by atoms with van der Waals surface area (Å²) in [7, 11) is 0. The van der Waals surface area contributed by atoms with Crippen molar-refractivity contribution in [3.63, 3.8) is 0 Å². The Morgan fingerprint density at radius 1 is 0.900 bits per heavy atom. The maximum absolute atomic E-state index is 2.45. The molecule has 0 radical (unpaired) electrons. The van der Waals surface area contributed by atoms with Gasteiger partial charge in [-0.15, -0.1) is 0 Å². The standard InChI is InChI=1S/C19H23N/c1-19(2,3)16-10-12-17(13-11-16)20-14-6-8-15-7-4-5-9-18(15)20/h4-5,7,9-13H,6,8,14H2,1-3H3. The SMILES string of the molecule is CC(C)(C)c1ccc(N2CCCc3ccccc32)cc1. The molecule has 1 heteroatoms. The summed E-state index contributed by atoms with van der Waals surface area (Å²) in [6.45, 7) is 7.90. The number of nitrogens with zero attached hydrogens (tertiary/aromatic N) is 1. The molecule has 1 aliphatic rings. The van der Waals surface area contributed by atoms with Gasteiger partial charge in [-0.2, -0.15) is 0 Å². The largest absolute Gasteiger partial charge is 0.341 e. The molecule has 0 aromatic heterocycles. The first kappa shape index (κ1) is 13.2. The molecule has 0 bridgehead atoms. The maximum Gasteiger partial charge on any atom is 0.0443 e. The second kappa shape index (κ2) is 4.97. The monoisotopic (exact) mass is 265 g/mol. The number of benzene rings is 2. The van der Waals surface area contributed by atoms with Crippen molar-refractivity contribution in [1.29, 1.82) is 0 Å². The first-order chi connectivity index (χ1) is 9.55. The number of para-hydroxylation sites is 1. The fraction of sp³-hybridized carbons (Fsp3) is 0.368. The minimum atomic E-state index is 0.221. The van der Waals surface area contributed by atoms with E-state index >= 15 is 0 Å². The van der Waals surface area contributed by atoms with Crippen LogP contribution in [0.3, 0.4) is 0 Å². The molecule has 3 rings (SSSR count). The lowest BCUT2D eigenvalue weighted by molar-refractivity contribution is 0.590. The summed E-state index contributed by atoms with van der Waals surface area (Å²) in [5.74, 6) is 0. The van der Waals surface area contributed by atoms with Crippen molar-refractivity contribution in [2.75, 3.05) is 11.4 Å². The van der Waals surface area contributed by atoms with Crippen LogP contribution in [0.25, 0.3) is 0 Å². The lowest BCUT2D eigenvalue weighted by atomic mass is 9.87. The first-order valence-electron chi connectivity index (χ1n) is 7.52. The van der Waals surface area contributed by atoms with E-state index in [1.165, 1.54) is 35.3 Å². The van der Waals surface area contributed by atoms with Gasteiger partial charge in [0.2, 0.25) is 0 Å². The van der Waals surface area contributed by atoms with E-state index in [0.717, 1.165) is 6.54 Å². The predicted molar refractivity (Wildman–Crippen MR) is 86.9 cm³/mol. The molecule has 0 amide bonds. The van der Waals surface area contributed by atoms with Gasteiger partial charge in [0.05, 0.1) is 0 Å². The van der Waals surface area contributed by atoms with Crippen molar-refractivity contribution < 1.29 is 0 Å². The van der Waals surface area contributed by atoms with E-state index in [1.807, 2.05) is 0 Å². The van der Waals surface area contributed by atoms with Gasteiger partial charge in [0, 0.05) is 17.9 Å². The number of aryl methyl sites for hydroxylation is 1. The van der Waals surface area contributed by atoms with Crippen LogP contribution in [0, 0.1) is 0 Å². The number of hydrogen-bond acceptors (Lipinski definition) is 1. The Morgan fingerprint density at radius 3 is 2.30 bits per heavy atom. The molecule has 2 aromatic carbocycles. The van der Waals surface area contributed by atoms with E-state index < -0.39 is 0 Å².